The Morgan fingerprint density at radius 1 is 1.00 bits per heavy atom. The number of aldehydes is 1. The fourth-order valence-electron chi connectivity index (χ4n) is 2.43. The molecule has 21 heavy (non-hydrogen) atoms. The first kappa shape index (κ1) is 13.9. The molecule has 0 aliphatic carbocycles. The van der Waals surface area contributed by atoms with E-state index < -0.39 is 11.6 Å². The zero-order chi connectivity index (χ0) is 15.0. The zero-order valence-electron chi connectivity index (χ0n) is 10.7. The minimum absolute atomic E-state index is 0.0702. The number of hydrogen-bond donors (Lipinski definition) is 0. The van der Waals surface area contributed by atoms with Gasteiger partial charge in [-0.1, -0.05) is 52.3 Å². The van der Waals surface area contributed by atoms with Gasteiger partial charge in [-0.15, -0.1) is 0 Å². The summed E-state index contributed by atoms with van der Waals surface area (Å²) in [5.41, 5.74) is 0.798. The molecule has 0 aliphatic rings. The van der Waals surface area contributed by atoms with Gasteiger partial charge in [0, 0.05) is 21.2 Å². The van der Waals surface area contributed by atoms with Gasteiger partial charge < -0.3 is 0 Å². The van der Waals surface area contributed by atoms with Crippen LogP contribution in [0.1, 0.15) is 10.4 Å². The molecular weight excluding hydrogens is 338 g/mol. The van der Waals surface area contributed by atoms with Gasteiger partial charge in [-0.2, -0.15) is 0 Å². The Labute approximate surface area is 128 Å². The van der Waals surface area contributed by atoms with Gasteiger partial charge in [0.15, 0.2) is 17.9 Å². The lowest BCUT2D eigenvalue weighted by Gasteiger charge is -2.12. The molecule has 0 bridgehead atoms. The minimum atomic E-state index is -0.961. The van der Waals surface area contributed by atoms with Gasteiger partial charge in [0.05, 0.1) is 0 Å². The van der Waals surface area contributed by atoms with E-state index in [1.165, 1.54) is 6.07 Å². The highest BCUT2D eigenvalue weighted by Crippen LogP contribution is 2.35. The van der Waals surface area contributed by atoms with Gasteiger partial charge in [0.1, 0.15) is 0 Å². The van der Waals surface area contributed by atoms with Crippen LogP contribution in [0.4, 0.5) is 8.78 Å². The van der Waals surface area contributed by atoms with Gasteiger partial charge in [-0.3, -0.25) is 4.79 Å². The first-order valence-corrected chi connectivity index (χ1v) is 7.03. The van der Waals surface area contributed by atoms with Crippen LogP contribution in [0.15, 0.2) is 53.0 Å². The van der Waals surface area contributed by atoms with Crippen molar-refractivity contribution < 1.29 is 13.6 Å². The standard InChI is InChI=1S/C17H9BrF2O/c18-12-7-14(17(20)15(19)8-12)16-11(9-21)6-5-10-3-1-2-4-13(10)16/h1-9H. The number of fused-ring (bicyclic) bond motifs is 1. The van der Waals surface area contributed by atoms with Crippen molar-refractivity contribution >= 4 is 33.0 Å². The zero-order valence-corrected chi connectivity index (χ0v) is 12.3. The van der Waals surface area contributed by atoms with Crippen LogP contribution < -0.4 is 0 Å². The van der Waals surface area contributed by atoms with E-state index in [9.17, 15) is 13.6 Å². The Bertz CT molecular complexity index is 859. The molecule has 0 spiro atoms. The van der Waals surface area contributed by atoms with E-state index in [2.05, 4.69) is 15.9 Å². The molecule has 0 saturated carbocycles. The van der Waals surface area contributed by atoms with E-state index in [1.807, 2.05) is 12.1 Å². The molecule has 104 valence electrons. The Hall–Kier alpha value is -2.07. The van der Waals surface area contributed by atoms with E-state index >= 15 is 0 Å². The topological polar surface area (TPSA) is 17.1 Å². The van der Waals surface area contributed by atoms with Crippen molar-refractivity contribution in [1.29, 1.82) is 0 Å². The number of rotatable bonds is 2. The van der Waals surface area contributed by atoms with Gasteiger partial charge in [0.2, 0.25) is 0 Å². The van der Waals surface area contributed by atoms with Crippen LogP contribution in [0, 0.1) is 11.6 Å². The van der Waals surface area contributed by atoms with Crippen LogP contribution >= 0.6 is 15.9 Å². The van der Waals surface area contributed by atoms with E-state index in [4.69, 9.17) is 0 Å². The van der Waals surface area contributed by atoms with Crippen molar-refractivity contribution in [3.05, 3.63) is 70.2 Å². The third kappa shape index (κ3) is 2.36. The van der Waals surface area contributed by atoms with Crippen molar-refractivity contribution in [2.45, 2.75) is 0 Å². The highest BCUT2D eigenvalue weighted by Gasteiger charge is 2.17. The van der Waals surface area contributed by atoms with Gasteiger partial charge in [-0.05, 0) is 22.9 Å². The molecule has 0 fully saturated rings. The highest BCUT2D eigenvalue weighted by atomic mass is 79.9. The van der Waals surface area contributed by atoms with E-state index in [-0.39, 0.29) is 5.56 Å². The molecule has 0 N–H and O–H groups in total. The largest absolute Gasteiger partial charge is 0.298 e. The Balaban J connectivity index is 2.46. The van der Waals surface area contributed by atoms with E-state index in [0.717, 1.165) is 11.5 Å². The van der Waals surface area contributed by atoms with Crippen LogP contribution in [-0.2, 0) is 0 Å². The summed E-state index contributed by atoms with van der Waals surface area (Å²) in [6, 6.07) is 13.2. The summed E-state index contributed by atoms with van der Waals surface area (Å²) in [5, 5.41) is 1.57. The number of halogens is 3. The molecule has 4 heteroatoms. The lowest BCUT2D eigenvalue weighted by atomic mass is 9.93. The molecule has 0 radical (unpaired) electrons. The van der Waals surface area contributed by atoms with Gasteiger partial charge in [0.25, 0.3) is 0 Å². The molecule has 1 nitrogen and oxygen atoms in total. The Kier molecular flexibility index (Phi) is 3.55. The molecular formula is C17H9BrF2O. The van der Waals surface area contributed by atoms with Gasteiger partial charge in [-0.25, -0.2) is 8.78 Å². The SMILES string of the molecule is O=Cc1ccc2ccccc2c1-c1cc(Br)cc(F)c1F. The first-order chi connectivity index (χ1) is 10.1. The van der Waals surface area contributed by atoms with Crippen molar-refractivity contribution in [2.75, 3.05) is 0 Å². The smallest absolute Gasteiger partial charge is 0.166 e. The fraction of sp³-hybridized carbons (Fsp3) is 0. The maximum absolute atomic E-state index is 14.2. The minimum Gasteiger partial charge on any atom is -0.298 e. The van der Waals surface area contributed by atoms with Crippen molar-refractivity contribution in [3.8, 4) is 11.1 Å². The Morgan fingerprint density at radius 2 is 1.76 bits per heavy atom. The molecule has 0 aromatic heterocycles. The fourth-order valence-corrected chi connectivity index (χ4v) is 2.86. The van der Waals surface area contributed by atoms with E-state index in [0.29, 0.717) is 27.3 Å². The summed E-state index contributed by atoms with van der Waals surface area (Å²) >= 11 is 3.16. The molecule has 0 unspecified atom stereocenters. The average molecular weight is 347 g/mol. The summed E-state index contributed by atoms with van der Waals surface area (Å²) in [4.78, 5) is 11.3. The monoisotopic (exact) mass is 346 g/mol. The second-order valence-electron chi connectivity index (χ2n) is 4.62. The van der Waals surface area contributed by atoms with Crippen LogP contribution in [0.3, 0.4) is 0 Å². The average Bonchev–Trinajstić information content (AvgIpc) is 2.50. The quantitative estimate of drug-likeness (QED) is 0.451. The third-order valence-corrected chi connectivity index (χ3v) is 3.81. The maximum Gasteiger partial charge on any atom is 0.166 e. The number of carbonyl (C=O) groups is 1. The second kappa shape index (κ2) is 5.37. The van der Waals surface area contributed by atoms with Crippen LogP contribution in [0.2, 0.25) is 0 Å². The molecule has 3 aromatic carbocycles. The summed E-state index contributed by atoms with van der Waals surface area (Å²) in [5.74, 6) is -1.91. The molecule has 0 saturated heterocycles. The summed E-state index contributed by atoms with van der Waals surface area (Å²) in [7, 11) is 0. The Morgan fingerprint density at radius 3 is 2.52 bits per heavy atom. The first-order valence-electron chi connectivity index (χ1n) is 6.23. The molecule has 0 aliphatic heterocycles. The summed E-state index contributed by atoms with van der Waals surface area (Å²) in [6.45, 7) is 0. The third-order valence-electron chi connectivity index (χ3n) is 3.35. The molecule has 3 aromatic rings. The molecule has 0 amide bonds. The van der Waals surface area contributed by atoms with E-state index in [1.54, 1.807) is 24.3 Å². The summed E-state index contributed by atoms with van der Waals surface area (Å²) in [6.07, 6.45) is 0.653. The maximum atomic E-state index is 14.2. The predicted octanol–water partition coefficient (Wildman–Crippen LogP) is 5.36. The predicted molar refractivity (Wildman–Crippen MR) is 82.4 cm³/mol. The van der Waals surface area contributed by atoms with Crippen molar-refractivity contribution in [2.24, 2.45) is 0 Å². The number of hydrogen-bond acceptors (Lipinski definition) is 1. The number of carbonyl (C=O) groups excluding carboxylic acids is 1. The molecule has 0 atom stereocenters. The normalized spacial score (nSPS) is 10.8. The highest BCUT2D eigenvalue weighted by molar-refractivity contribution is 9.10. The number of benzene rings is 3. The molecule has 0 heterocycles. The lowest BCUT2D eigenvalue weighted by molar-refractivity contribution is 0.112. The van der Waals surface area contributed by atoms with Crippen LogP contribution in [-0.4, -0.2) is 6.29 Å². The second-order valence-corrected chi connectivity index (χ2v) is 5.53. The molecule has 3 rings (SSSR count). The lowest BCUT2D eigenvalue weighted by Crippen LogP contribution is -1.95. The summed E-state index contributed by atoms with van der Waals surface area (Å²) < 4.78 is 28.3. The van der Waals surface area contributed by atoms with Crippen LogP contribution in [0.25, 0.3) is 21.9 Å². The van der Waals surface area contributed by atoms with Crippen molar-refractivity contribution in [3.63, 3.8) is 0 Å². The van der Waals surface area contributed by atoms with Crippen molar-refractivity contribution in [1.82, 2.24) is 0 Å². The van der Waals surface area contributed by atoms with Gasteiger partial charge >= 0.3 is 0 Å². The van der Waals surface area contributed by atoms with Crippen LogP contribution in [0.5, 0.6) is 0 Å².